The fourth-order valence-electron chi connectivity index (χ4n) is 3.98. The van der Waals surface area contributed by atoms with E-state index in [4.69, 9.17) is 9.73 Å². The van der Waals surface area contributed by atoms with Gasteiger partial charge in [-0.2, -0.15) is 0 Å². The maximum Gasteiger partial charge on any atom is 0.174 e. The van der Waals surface area contributed by atoms with Crippen LogP contribution in [0.4, 0.5) is 5.69 Å². The summed E-state index contributed by atoms with van der Waals surface area (Å²) < 4.78 is 5.71. The quantitative estimate of drug-likeness (QED) is 0.566. The topological polar surface area (TPSA) is 38.7 Å². The SMILES string of the molecule is CCOc1cccc([C@@H]2Sc3ccccc3N=C3c4ccccc4C(=O)[C@H]32)c1. The Morgan fingerprint density at radius 1 is 0.964 bits per heavy atom. The van der Waals surface area contributed by atoms with Crippen LogP contribution in [0, 0.1) is 5.92 Å². The van der Waals surface area contributed by atoms with E-state index in [1.165, 1.54) is 0 Å². The number of carbonyl (C=O) groups excluding carboxylic acids is 1. The van der Waals surface area contributed by atoms with E-state index in [1.807, 2.05) is 61.5 Å². The molecule has 1 aliphatic carbocycles. The number of hydrogen-bond donors (Lipinski definition) is 0. The van der Waals surface area contributed by atoms with Crippen LogP contribution in [0.1, 0.15) is 33.7 Å². The smallest absolute Gasteiger partial charge is 0.174 e. The predicted molar refractivity (Wildman–Crippen MR) is 113 cm³/mol. The van der Waals surface area contributed by atoms with E-state index in [1.54, 1.807) is 11.8 Å². The second kappa shape index (κ2) is 6.95. The fourth-order valence-corrected chi connectivity index (χ4v) is 5.32. The van der Waals surface area contributed by atoms with Crippen molar-refractivity contribution < 1.29 is 9.53 Å². The highest BCUT2D eigenvalue weighted by Crippen LogP contribution is 2.51. The van der Waals surface area contributed by atoms with E-state index >= 15 is 0 Å². The number of thioether (sulfide) groups is 1. The van der Waals surface area contributed by atoms with Crippen molar-refractivity contribution in [3.05, 3.63) is 89.5 Å². The summed E-state index contributed by atoms with van der Waals surface area (Å²) in [5.74, 6) is 0.688. The highest BCUT2D eigenvalue weighted by atomic mass is 32.2. The lowest BCUT2D eigenvalue weighted by Gasteiger charge is -2.22. The van der Waals surface area contributed by atoms with Gasteiger partial charge >= 0.3 is 0 Å². The van der Waals surface area contributed by atoms with E-state index in [2.05, 4.69) is 18.2 Å². The molecule has 3 aromatic carbocycles. The molecule has 1 aliphatic heterocycles. The van der Waals surface area contributed by atoms with Crippen LogP contribution in [-0.2, 0) is 0 Å². The van der Waals surface area contributed by atoms with Crippen LogP contribution in [0.25, 0.3) is 0 Å². The Morgan fingerprint density at radius 3 is 2.61 bits per heavy atom. The average molecular weight is 385 g/mol. The second-order valence-electron chi connectivity index (χ2n) is 6.90. The third-order valence-corrected chi connectivity index (χ3v) is 6.60. The number of benzene rings is 3. The molecule has 0 radical (unpaired) electrons. The summed E-state index contributed by atoms with van der Waals surface area (Å²) in [4.78, 5) is 19.5. The lowest BCUT2D eigenvalue weighted by Crippen LogP contribution is -2.22. The molecule has 0 spiro atoms. The number of ketones is 1. The molecule has 0 N–H and O–H groups in total. The molecule has 0 amide bonds. The van der Waals surface area contributed by atoms with Gasteiger partial charge in [-0.25, -0.2) is 0 Å². The minimum Gasteiger partial charge on any atom is -0.494 e. The number of hydrogen-bond acceptors (Lipinski definition) is 4. The van der Waals surface area contributed by atoms with Gasteiger partial charge < -0.3 is 4.74 Å². The monoisotopic (exact) mass is 385 g/mol. The van der Waals surface area contributed by atoms with Gasteiger partial charge in [0.25, 0.3) is 0 Å². The molecule has 28 heavy (non-hydrogen) atoms. The molecule has 138 valence electrons. The number of nitrogens with zero attached hydrogens (tertiary/aromatic N) is 1. The number of fused-ring (bicyclic) bond motifs is 4. The third-order valence-electron chi connectivity index (χ3n) is 5.21. The van der Waals surface area contributed by atoms with Crippen LogP contribution in [0.2, 0.25) is 0 Å². The molecular weight excluding hydrogens is 366 g/mol. The Kier molecular flexibility index (Phi) is 4.29. The summed E-state index contributed by atoms with van der Waals surface area (Å²) in [7, 11) is 0. The minimum atomic E-state index is -0.299. The largest absolute Gasteiger partial charge is 0.494 e. The lowest BCUT2D eigenvalue weighted by molar-refractivity contribution is 0.0960. The molecule has 2 aliphatic rings. The first kappa shape index (κ1) is 17.3. The number of Topliss-reactive ketones (excluding diaryl/α,β-unsaturated/α-hetero) is 1. The Balaban J connectivity index is 1.70. The summed E-state index contributed by atoms with van der Waals surface area (Å²) in [6, 6.07) is 24.1. The van der Waals surface area contributed by atoms with E-state index in [0.29, 0.717) is 6.61 Å². The summed E-state index contributed by atoms with van der Waals surface area (Å²) in [5, 5.41) is -0.0530. The Morgan fingerprint density at radius 2 is 1.75 bits per heavy atom. The maximum atomic E-state index is 13.4. The molecule has 0 fully saturated rings. The minimum absolute atomic E-state index is 0.0530. The summed E-state index contributed by atoms with van der Waals surface area (Å²) in [6.07, 6.45) is 0. The van der Waals surface area contributed by atoms with Crippen molar-refractivity contribution in [3.8, 4) is 5.75 Å². The van der Waals surface area contributed by atoms with E-state index in [-0.39, 0.29) is 17.0 Å². The highest BCUT2D eigenvalue weighted by Gasteiger charge is 2.44. The number of rotatable bonds is 3. The first-order valence-electron chi connectivity index (χ1n) is 9.47. The Labute approximate surface area is 168 Å². The predicted octanol–water partition coefficient (Wildman–Crippen LogP) is 5.87. The molecule has 5 rings (SSSR count). The fraction of sp³-hybridized carbons (Fsp3) is 0.167. The molecule has 0 bridgehead atoms. The Hall–Kier alpha value is -2.85. The van der Waals surface area contributed by atoms with Crippen LogP contribution in [-0.4, -0.2) is 18.1 Å². The van der Waals surface area contributed by atoms with Crippen LogP contribution in [0.5, 0.6) is 5.75 Å². The molecule has 3 aromatic rings. The standard InChI is InChI=1S/C24H19NO2S/c1-2-27-16-9-7-8-15(14-16)24-21-22(17-10-3-4-11-18(17)23(21)26)25-19-12-5-6-13-20(19)28-24/h3-14,21,24H,2H2,1H3/t21-,24-/m0/s1. The second-order valence-corrected chi connectivity index (χ2v) is 8.08. The van der Waals surface area contributed by atoms with Crippen molar-refractivity contribution in [1.82, 2.24) is 0 Å². The van der Waals surface area contributed by atoms with E-state index < -0.39 is 0 Å². The van der Waals surface area contributed by atoms with Gasteiger partial charge in [0, 0.05) is 16.0 Å². The average Bonchev–Trinajstić information content (AvgIpc) is 2.89. The van der Waals surface area contributed by atoms with Gasteiger partial charge in [0.15, 0.2) is 5.78 Å². The molecule has 0 unspecified atom stereocenters. The molecule has 2 atom stereocenters. The summed E-state index contributed by atoms with van der Waals surface area (Å²) >= 11 is 1.72. The van der Waals surface area contributed by atoms with E-state index in [9.17, 15) is 4.79 Å². The van der Waals surface area contributed by atoms with Gasteiger partial charge in [-0.05, 0) is 36.8 Å². The normalized spacial score (nSPS) is 19.9. The molecule has 3 nitrogen and oxygen atoms in total. The molecule has 0 aromatic heterocycles. The van der Waals surface area contributed by atoms with Gasteiger partial charge in [-0.1, -0.05) is 48.5 Å². The van der Waals surface area contributed by atoms with Gasteiger partial charge in [0.05, 0.1) is 29.2 Å². The van der Waals surface area contributed by atoms with Crippen LogP contribution < -0.4 is 4.74 Å². The summed E-state index contributed by atoms with van der Waals surface area (Å²) in [6.45, 7) is 2.59. The number of aliphatic imine (C=N–C) groups is 1. The molecular formula is C24H19NO2S. The van der Waals surface area contributed by atoms with Gasteiger partial charge in [-0.15, -0.1) is 11.8 Å². The van der Waals surface area contributed by atoms with E-state index in [0.717, 1.165) is 38.7 Å². The zero-order valence-electron chi connectivity index (χ0n) is 15.5. The van der Waals surface area contributed by atoms with Crippen molar-refractivity contribution in [2.75, 3.05) is 6.61 Å². The van der Waals surface area contributed by atoms with Gasteiger partial charge in [0.2, 0.25) is 0 Å². The molecule has 1 heterocycles. The molecule has 0 saturated carbocycles. The van der Waals surface area contributed by atoms with Crippen molar-refractivity contribution in [3.63, 3.8) is 0 Å². The number of carbonyl (C=O) groups is 1. The van der Waals surface area contributed by atoms with Gasteiger partial charge in [0.1, 0.15) is 5.75 Å². The maximum absolute atomic E-state index is 13.4. The third kappa shape index (κ3) is 2.76. The van der Waals surface area contributed by atoms with Crippen LogP contribution in [0.15, 0.2) is 82.7 Å². The Bertz CT molecular complexity index is 1110. The van der Waals surface area contributed by atoms with Crippen LogP contribution in [0.3, 0.4) is 0 Å². The zero-order valence-corrected chi connectivity index (χ0v) is 16.3. The highest BCUT2D eigenvalue weighted by molar-refractivity contribution is 7.99. The van der Waals surface area contributed by atoms with Gasteiger partial charge in [-0.3, -0.25) is 9.79 Å². The first-order chi connectivity index (χ1) is 13.8. The number of ether oxygens (including phenoxy) is 1. The first-order valence-corrected chi connectivity index (χ1v) is 10.3. The van der Waals surface area contributed by atoms with Crippen molar-refractivity contribution in [2.45, 2.75) is 17.1 Å². The molecule has 0 saturated heterocycles. The summed E-state index contributed by atoms with van der Waals surface area (Å²) in [5.41, 5.74) is 4.63. The molecule has 4 heteroatoms. The lowest BCUT2D eigenvalue weighted by atomic mass is 9.93. The number of para-hydroxylation sites is 1. The van der Waals surface area contributed by atoms with Crippen molar-refractivity contribution >= 4 is 28.9 Å². The van der Waals surface area contributed by atoms with Crippen LogP contribution >= 0.6 is 11.8 Å². The zero-order chi connectivity index (χ0) is 19.1. The van der Waals surface area contributed by atoms with Crippen molar-refractivity contribution in [1.29, 1.82) is 0 Å². The van der Waals surface area contributed by atoms with Crippen molar-refractivity contribution in [2.24, 2.45) is 10.9 Å².